The molecule has 0 aliphatic heterocycles. The lowest BCUT2D eigenvalue weighted by Gasteiger charge is -2.14. The van der Waals surface area contributed by atoms with Crippen LogP contribution in [0.2, 0.25) is 0 Å². The maximum Gasteiger partial charge on any atom is 0.221 e. The van der Waals surface area contributed by atoms with Crippen molar-refractivity contribution in [3.8, 4) is 5.88 Å². The van der Waals surface area contributed by atoms with Crippen LogP contribution in [0.4, 0.5) is 5.82 Å². The SMILES string of the molecule is COc1nc(C)nc(NCC(C)OC)c1C. The van der Waals surface area contributed by atoms with Gasteiger partial charge in [0.1, 0.15) is 11.6 Å². The molecule has 0 saturated heterocycles. The molecule has 0 aliphatic rings. The summed E-state index contributed by atoms with van der Waals surface area (Å²) in [6, 6.07) is 0. The van der Waals surface area contributed by atoms with E-state index in [1.807, 2.05) is 20.8 Å². The molecule has 1 unspecified atom stereocenters. The molecule has 1 heterocycles. The number of hydrogen-bond donors (Lipinski definition) is 1. The predicted molar refractivity (Wildman–Crippen MR) is 63.0 cm³/mol. The smallest absolute Gasteiger partial charge is 0.221 e. The maximum atomic E-state index is 5.18. The molecule has 0 bridgehead atoms. The van der Waals surface area contributed by atoms with Gasteiger partial charge in [-0.15, -0.1) is 0 Å². The minimum atomic E-state index is 0.140. The molecule has 0 amide bonds. The first kappa shape index (κ1) is 12.7. The Hall–Kier alpha value is -1.36. The van der Waals surface area contributed by atoms with E-state index in [1.54, 1.807) is 14.2 Å². The highest BCUT2D eigenvalue weighted by atomic mass is 16.5. The Kier molecular flexibility index (Phi) is 4.49. The molecule has 0 spiro atoms. The zero-order chi connectivity index (χ0) is 12.1. The molecule has 5 nitrogen and oxygen atoms in total. The number of anilines is 1. The first-order valence-corrected chi connectivity index (χ1v) is 5.24. The average molecular weight is 225 g/mol. The number of aryl methyl sites for hydroxylation is 1. The lowest BCUT2D eigenvalue weighted by Crippen LogP contribution is -2.19. The van der Waals surface area contributed by atoms with Gasteiger partial charge in [0.15, 0.2) is 0 Å². The van der Waals surface area contributed by atoms with Gasteiger partial charge in [0.25, 0.3) is 0 Å². The molecule has 0 aliphatic carbocycles. The third-order valence-electron chi connectivity index (χ3n) is 2.37. The molecule has 16 heavy (non-hydrogen) atoms. The second-order valence-electron chi connectivity index (χ2n) is 3.68. The average Bonchev–Trinajstić information content (AvgIpc) is 2.29. The summed E-state index contributed by atoms with van der Waals surface area (Å²) in [5, 5.41) is 3.22. The molecular formula is C11H19N3O2. The van der Waals surface area contributed by atoms with Crippen molar-refractivity contribution in [3.63, 3.8) is 0 Å². The van der Waals surface area contributed by atoms with Crippen molar-refractivity contribution in [2.75, 3.05) is 26.1 Å². The first-order chi connectivity index (χ1) is 7.58. The molecule has 90 valence electrons. The van der Waals surface area contributed by atoms with Crippen LogP contribution in [0.3, 0.4) is 0 Å². The molecule has 5 heteroatoms. The van der Waals surface area contributed by atoms with Crippen molar-refractivity contribution < 1.29 is 9.47 Å². The van der Waals surface area contributed by atoms with Crippen LogP contribution in [0.5, 0.6) is 5.88 Å². The van der Waals surface area contributed by atoms with Crippen molar-refractivity contribution in [2.24, 2.45) is 0 Å². The minimum absolute atomic E-state index is 0.140. The van der Waals surface area contributed by atoms with Gasteiger partial charge in [-0.25, -0.2) is 4.98 Å². The fourth-order valence-electron chi connectivity index (χ4n) is 1.30. The van der Waals surface area contributed by atoms with Gasteiger partial charge in [-0.2, -0.15) is 4.98 Å². The molecule has 1 rings (SSSR count). The summed E-state index contributed by atoms with van der Waals surface area (Å²) in [7, 11) is 3.29. The van der Waals surface area contributed by atoms with Gasteiger partial charge < -0.3 is 14.8 Å². The van der Waals surface area contributed by atoms with Crippen molar-refractivity contribution in [2.45, 2.75) is 26.9 Å². The van der Waals surface area contributed by atoms with Gasteiger partial charge in [0.05, 0.1) is 18.8 Å². The second kappa shape index (κ2) is 5.65. The summed E-state index contributed by atoms with van der Waals surface area (Å²) in [4.78, 5) is 8.52. The largest absolute Gasteiger partial charge is 0.481 e. The lowest BCUT2D eigenvalue weighted by atomic mass is 10.3. The number of rotatable bonds is 5. The summed E-state index contributed by atoms with van der Waals surface area (Å²) in [5.41, 5.74) is 0.913. The monoisotopic (exact) mass is 225 g/mol. The summed E-state index contributed by atoms with van der Waals surface area (Å²) < 4.78 is 10.3. The minimum Gasteiger partial charge on any atom is -0.481 e. The highest BCUT2D eigenvalue weighted by Crippen LogP contribution is 2.21. The van der Waals surface area contributed by atoms with Crippen LogP contribution in [0.1, 0.15) is 18.3 Å². The van der Waals surface area contributed by atoms with Gasteiger partial charge in [-0.1, -0.05) is 0 Å². The zero-order valence-electron chi connectivity index (χ0n) is 10.5. The Morgan fingerprint density at radius 1 is 1.25 bits per heavy atom. The van der Waals surface area contributed by atoms with Crippen LogP contribution < -0.4 is 10.1 Å². The number of hydrogen-bond acceptors (Lipinski definition) is 5. The first-order valence-electron chi connectivity index (χ1n) is 5.24. The van der Waals surface area contributed by atoms with Gasteiger partial charge in [-0.05, 0) is 20.8 Å². The number of aromatic nitrogens is 2. The molecule has 0 radical (unpaired) electrons. The van der Waals surface area contributed by atoms with Crippen LogP contribution in [0, 0.1) is 13.8 Å². The quantitative estimate of drug-likeness (QED) is 0.824. The van der Waals surface area contributed by atoms with Gasteiger partial charge >= 0.3 is 0 Å². The van der Waals surface area contributed by atoms with E-state index in [4.69, 9.17) is 9.47 Å². The van der Waals surface area contributed by atoms with E-state index in [9.17, 15) is 0 Å². The van der Waals surface area contributed by atoms with Crippen LogP contribution in [-0.2, 0) is 4.74 Å². The molecule has 1 atom stereocenters. The maximum absolute atomic E-state index is 5.18. The van der Waals surface area contributed by atoms with E-state index in [1.165, 1.54) is 0 Å². The Morgan fingerprint density at radius 2 is 1.94 bits per heavy atom. The standard InChI is InChI=1S/C11H19N3O2/c1-7(15-4)6-12-10-8(2)11(16-5)14-9(3)13-10/h7H,6H2,1-5H3,(H,12,13,14). The number of methoxy groups -OCH3 is 2. The third-order valence-corrected chi connectivity index (χ3v) is 2.37. The number of nitrogens with zero attached hydrogens (tertiary/aromatic N) is 2. The van der Waals surface area contributed by atoms with E-state index in [0.29, 0.717) is 18.2 Å². The van der Waals surface area contributed by atoms with E-state index < -0.39 is 0 Å². The molecular weight excluding hydrogens is 206 g/mol. The summed E-state index contributed by atoms with van der Waals surface area (Å²) in [6.45, 7) is 6.47. The Morgan fingerprint density at radius 3 is 2.50 bits per heavy atom. The second-order valence-corrected chi connectivity index (χ2v) is 3.68. The zero-order valence-corrected chi connectivity index (χ0v) is 10.5. The molecule has 1 aromatic heterocycles. The molecule has 1 aromatic rings. The van der Waals surface area contributed by atoms with Crippen molar-refractivity contribution >= 4 is 5.82 Å². The lowest BCUT2D eigenvalue weighted by molar-refractivity contribution is 0.128. The van der Waals surface area contributed by atoms with Gasteiger partial charge in [0, 0.05) is 13.7 Å². The molecule has 0 fully saturated rings. The van der Waals surface area contributed by atoms with Crippen LogP contribution in [0.15, 0.2) is 0 Å². The van der Waals surface area contributed by atoms with Crippen LogP contribution in [0.25, 0.3) is 0 Å². The highest BCUT2D eigenvalue weighted by molar-refractivity contribution is 5.48. The van der Waals surface area contributed by atoms with Crippen molar-refractivity contribution in [1.29, 1.82) is 0 Å². The normalized spacial score (nSPS) is 12.3. The predicted octanol–water partition coefficient (Wildman–Crippen LogP) is 1.55. The van der Waals surface area contributed by atoms with Gasteiger partial charge in [0.2, 0.25) is 5.88 Å². The molecule has 1 N–H and O–H groups in total. The topological polar surface area (TPSA) is 56.3 Å². The van der Waals surface area contributed by atoms with E-state index in [2.05, 4.69) is 15.3 Å². The summed E-state index contributed by atoms with van der Waals surface area (Å²) in [5.74, 6) is 2.10. The summed E-state index contributed by atoms with van der Waals surface area (Å²) in [6.07, 6.45) is 0.140. The van der Waals surface area contributed by atoms with Crippen molar-refractivity contribution in [3.05, 3.63) is 11.4 Å². The van der Waals surface area contributed by atoms with E-state index in [0.717, 1.165) is 11.4 Å². The number of nitrogens with one attached hydrogen (secondary N) is 1. The van der Waals surface area contributed by atoms with E-state index in [-0.39, 0.29) is 6.10 Å². The van der Waals surface area contributed by atoms with Crippen molar-refractivity contribution in [1.82, 2.24) is 9.97 Å². The van der Waals surface area contributed by atoms with E-state index >= 15 is 0 Å². The third kappa shape index (κ3) is 3.06. The van der Waals surface area contributed by atoms with Gasteiger partial charge in [-0.3, -0.25) is 0 Å². The molecule has 0 saturated carbocycles. The van der Waals surface area contributed by atoms with Crippen LogP contribution in [-0.4, -0.2) is 36.8 Å². The molecule has 0 aromatic carbocycles. The Balaban J connectivity index is 2.83. The fraction of sp³-hybridized carbons (Fsp3) is 0.636. The Labute approximate surface area is 96.2 Å². The number of ether oxygens (including phenoxy) is 2. The Bertz CT molecular complexity index is 355. The van der Waals surface area contributed by atoms with Crippen LogP contribution >= 0.6 is 0 Å². The summed E-state index contributed by atoms with van der Waals surface area (Å²) >= 11 is 0. The highest BCUT2D eigenvalue weighted by Gasteiger charge is 2.10. The fourth-order valence-corrected chi connectivity index (χ4v) is 1.30.